The van der Waals surface area contributed by atoms with E-state index in [9.17, 15) is 18.0 Å². The van der Waals surface area contributed by atoms with Gasteiger partial charge in [0, 0.05) is 0 Å². The molecule has 0 saturated carbocycles. The van der Waals surface area contributed by atoms with Crippen LogP contribution in [0.25, 0.3) is 0 Å². The molecule has 0 aromatic rings. The molecule has 0 N–H and O–H groups in total. The predicted octanol–water partition coefficient (Wildman–Crippen LogP) is 10.9. The van der Waals surface area contributed by atoms with Gasteiger partial charge >= 0.3 is 12.1 Å². The van der Waals surface area contributed by atoms with Gasteiger partial charge < -0.3 is 4.74 Å². The van der Waals surface area contributed by atoms with Gasteiger partial charge in [0.1, 0.15) is 0 Å². The summed E-state index contributed by atoms with van der Waals surface area (Å²) < 4.78 is 40.1. The third-order valence-corrected chi connectivity index (χ3v) is 6.71. The molecule has 0 rings (SSSR count). The lowest BCUT2D eigenvalue weighted by Gasteiger charge is -2.07. The largest absolute Gasteiger partial charge is 0.490 e. The van der Waals surface area contributed by atoms with Crippen molar-refractivity contribution in [2.24, 2.45) is 0 Å². The molecule has 0 aliphatic carbocycles. The summed E-state index contributed by atoms with van der Waals surface area (Å²) in [7, 11) is 0. The SMILES string of the molecule is CCCCCCCCCCCCCCCCCCCCCCCCCCCOC(=O)C(F)(F)F. The molecular weight excluding hydrogens is 437 g/mol. The molecule has 0 heterocycles. The summed E-state index contributed by atoms with van der Waals surface area (Å²) >= 11 is 0. The Morgan fingerprint density at radius 1 is 0.471 bits per heavy atom. The Morgan fingerprint density at radius 2 is 0.706 bits per heavy atom. The van der Waals surface area contributed by atoms with E-state index in [-0.39, 0.29) is 6.61 Å². The molecule has 0 radical (unpaired) electrons. The first kappa shape index (κ1) is 33.3. The Bertz CT molecular complexity index is 424. The Labute approximate surface area is 209 Å². The Kier molecular flexibility index (Phi) is 24.8. The van der Waals surface area contributed by atoms with Crippen molar-refractivity contribution in [2.75, 3.05) is 6.61 Å². The van der Waals surface area contributed by atoms with Gasteiger partial charge in [-0.05, 0) is 6.42 Å². The molecule has 0 aromatic carbocycles. The number of rotatable bonds is 26. The van der Waals surface area contributed by atoms with Gasteiger partial charge in [-0.25, -0.2) is 4.79 Å². The molecule has 0 atom stereocenters. The number of hydrogen-bond donors (Lipinski definition) is 0. The van der Waals surface area contributed by atoms with E-state index >= 15 is 0 Å². The minimum Gasteiger partial charge on any atom is -0.459 e. The lowest BCUT2D eigenvalue weighted by molar-refractivity contribution is -0.199. The van der Waals surface area contributed by atoms with Crippen LogP contribution in [0.15, 0.2) is 0 Å². The van der Waals surface area contributed by atoms with Crippen molar-refractivity contribution in [1.29, 1.82) is 0 Å². The maximum absolute atomic E-state index is 12.0. The molecule has 34 heavy (non-hydrogen) atoms. The van der Waals surface area contributed by atoms with E-state index in [1.807, 2.05) is 0 Å². The lowest BCUT2D eigenvalue weighted by Crippen LogP contribution is -2.25. The van der Waals surface area contributed by atoms with Crippen LogP contribution in [-0.4, -0.2) is 18.8 Å². The first-order valence-corrected chi connectivity index (χ1v) is 14.7. The van der Waals surface area contributed by atoms with E-state index in [1.165, 1.54) is 135 Å². The number of hydrogen-bond acceptors (Lipinski definition) is 2. The van der Waals surface area contributed by atoms with Gasteiger partial charge in [0.15, 0.2) is 0 Å². The molecule has 0 fully saturated rings. The molecule has 0 saturated heterocycles. The van der Waals surface area contributed by atoms with Crippen molar-refractivity contribution >= 4 is 5.97 Å². The summed E-state index contributed by atoms with van der Waals surface area (Å²) in [5.41, 5.74) is 0. The highest BCUT2D eigenvalue weighted by Gasteiger charge is 2.40. The normalized spacial score (nSPS) is 11.8. The maximum atomic E-state index is 12.0. The summed E-state index contributed by atoms with van der Waals surface area (Å²) in [6, 6.07) is 0. The molecule has 0 spiro atoms. The van der Waals surface area contributed by atoms with Crippen molar-refractivity contribution in [1.82, 2.24) is 0 Å². The predicted molar refractivity (Wildman–Crippen MR) is 138 cm³/mol. The highest BCUT2D eigenvalue weighted by Crippen LogP contribution is 2.18. The van der Waals surface area contributed by atoms with Crippen LogP contribution in [0.4, 0.5) is 13.2 Å². The van der Waals surface area contributed by atoms with Crippen molar-refractivity contribution in [3.63, 3.8) is 0 Å². The zero-order chi connectivity index (χ0) is 25.2. The molecule has 5 heteroatoms. The van der Waals surface area contributed by atoms with Gasteiger partial charge in [-0.3, -0.25) is 0 Å². The van der Waals surface area contributed by atoms with Gasteiger partial charge in [-0.1, -0.05) is 161 Å². The third-order valence-electron chi connectivity index (χ3n) is 6.71. The number of carbonyl (C=O) groups excluding carboxylic acids is 1. The Morgan fingerprint density at radius 3 is 0.941 bits per heavy atom. The quantitative estimate of drug-likeness (QED) is 0.0886. The van der Waals surface area contributed by atoms with Gasteiger partial charge in [-0.2, -0.15) is 13.2 Å². The van der Waals surface area contributed by atoms with E-state index in [1.54, 1.807) is 0 Å². The van der Waals surface area contributed by atoms with E-state index in [2.05, 4.69) is 11.7 Å². The molecule has 0 unspecified atom stereocenters. The lowest BCUT2D eigenvalue weighted by atomic mass is 10.0. The van der Waals surface area contributed by atoms with Crippen LogP contribution in [0, 0.1) is 0 Å². The monoisotopic (exact) mass is 492 g/mol. The second-order valence-corrected chi connectivity index (χ2v) is 10.1. The van der Waals surface area contributed by atoms with E-state index in [0.29, 0.717) is 6.42 Å². The highest BCUT2D eigenvalue weighted by molar-refractivity contribution is 5.75. The van der Waals surface area contributed by atoms with Crippen LogP contribution in [0.3, 0.4) is 0 Å². The minimum atomic E-state index is -4.87. The first-order chi connectivity index (χ1) is 16.5. The number of unbranched alkanes of at least 4 members (excludes halogenated alkanes) is 24. The first-order valence-electron chi connectivity index (χ1n) is 14.7. The second kappa shape index (κ2) is 25.4. The smallest absolute Gasteiger partial charge is 0.459 e. The van der Waals surface area contributed by atoms with Crippen LogP contribution < -0.4 is 0 Å². The zero-order valence-corrected chi connectivity index (χ0v) is 22.3. The fraction of sp³-hybridized carbons (Fsp3) is 0.966. The Hall–Kier alpha value is -0.740. The number of alkyl halides is 3. The number of halogens is 3. The van der Waals surface area contributed by atoms with Gasteiger partial charge in [0.2, 0.25) is 0 Å². The van der Waals surface area contributed by atoms with Crippen molar-refractivity contribution < 1.29 is 22.7 Å². The second-order valence-electron chi connectivity index (χ2n) is 10.1. The topological polar surface area (TPSA) is 26.3 Å². The standard InChI is InChI=1S/C29H55F3O2/c1-2-3-4-5-6-7-8-9-10-11-12-13-14-15-16-17-18-19-20-21-22-23-24-25-26-27-34-28(33)29(30,31)32/h2-27H2,1H3. The van der Waals surface area contributed by atoms with Crippen LogP contribution in [0.5, 0.6) is 0 Å². The summed E-state index contributed by atoms with van der Waals surface area (Å²) in [6.07, 6.45) is 27.7. The molecule has 0 aromatic heterocycles. The number of ether oxygens (including phenoxy) is 1. The zero-order valence-electron chi connectivity index (χ0n) is 22.3. The van der Waals surface area contributed by atoms with E-state index in [4.69, 9.17) is 0 Å². The number of esters is 1. The Balaban J connectivity index is 3.08. The average Bonchev–Trinajstić information content (AvgIpc) is 2.80. The highest BCUT2D eigenvalue weighted by atomic mass is 19.4. The van der Waals surface area contributed by atoms with Crippen molar-refractivity contribution in [3.05, 3.63) is 0 Å². The molecular formula is C29H55F3O2. The summed E-state index contributed by atoms with van der Waals surface area (Å²) in [5.74, 6) is -2.07. The fourth-order valence-corrected chi connectivity index (χ4v) is 4.49. The van der Waals surface area contributed by atoms with E-state index in [0.717, 1.165) is 19.3 Å². The van der Waals surface area contributed by atoms with Gasteiger partial charge in [-0.15, -0.1) is 0 Å². The summed E-state index contributed by atoms with van der Waals surface area (Å²) in [5, 5.41) is 0. The minimum absolute atomic E-state index is 0.127. The third kappa shape index (κ3) is 25.9. The molecule has 0 amide bonds. The molecule has 0 aliphatic rings. The summed E-state index contributed by atoms with van der Waals surface area (Å²) in [6.45, 7) is 2.15. The molecule has 204 valence electrons. The van der Waals surface area contributed by atoms with Crippen molar-refractivity contribution in [3.8, 4) is 0 Å². The summed E-state index contributed by atoms with van der Waals surface area (Å²) in [4.78, 5) is 10.6. The maximum Gasteiger partial charge on any atom is 0.490 e. The molecule has 2 nitrogen and oxygen atoms in total. The van der Waals surface area contributed by atoms with Crippen LogP contribution in [-0.2, 0) is 9.53 Å². The number of carbonyl (C=O) groups is 1. The average molecular weight is 493 g/mol. The van der Waals surface area contributed by atoms with Gasteiger partial charge in [0.25, 0.3) is 0 Å². The molecule has 0 bridgehead atoms. The molecule has 0 aliphatic heterocycles. The fourth-order valence-electron chi connectivity index (χ4n) is 4.49. The van der Waals surface area contributed by atoms with Crippen LogP contribution >= 0.6 is 0 Å². The van der Waals surface area contributed by atoms with Crippen LogP contribution in [0.1, 0.15) is 167 Å². The van der Waals surface area contributed by atoms with Crippen LogP contribution in [0.2, 0.25) is 0 Å². The van der Waals surface area contributed by atoms with Gasteiger partial charge in [0.05, 0.1) is 6.61 Å². The van der Waals surface area contributed by atoms with E-state index < -0.39 is 12.1 Å². The van der Waals surface area contributed by atoms with Crippen molar-refractivity contribution in [2.45, 2.75) is 174 Å².